The minimum atomic E-state index is -4.89. The van der Waals surface area contributed by atoms with Gasteiger partial charge < -0.3 is 5.11 Å². The summed E-state index contributed by atoms with van der Waals surface area (Å²) in [6.45, 7) is 1.35. The third-order valence-corrected chi connectivity index (χ3v) is 1.88. The normalized spacial score (nSPS) is 10.8. The third-order valence-electron chi connectivity index (χ3n) is 1.53. The van der Waals surface area contributed by atoms with Crippen LogP contribution in [0, 0.1) is 12.0 Å². The topological polar surface area (TPSA) is 55.1 Å². The van der Waals surface area contributed by atoms with E-state index in [1.165, 1.54) is 6.92 Å². The standard InChI is InChI=1S/C8H4ClF3N2O2/c1-2-3-14-6(9)4(7(15)16)5(13-14)8(10,11)12/h1H3,(H,15,16). The molecule has 0 saturated heterocycles. The summed E-state index contributed by atoms with van der Waals surface area (Å²) in [5, 5.41) is 10.9. The summed E-state index contributed by atoms with van der Waals surface area (Å²) in [6, 6.07) is 2.12. The van der Waals surface area contributed by atoms with Crippen molar-refractivity contribution in [1.29, 1.82) is 0 Å². The van der Waals surface area contributed by atoms with E-state index in [0.29, 0.717) is 4.68 Å². The van der Waals surface area contributed by atoms with Crippen LogP contribution in [0.15, 0.2) is 0 Å². The molecule has 8 heteroatoms. The Balaban J connectivity index is 3.54. The molecule has 0 bridgehead atoms. The lowest BCUT2D eigenvalue weighted by Gasteiger charge is -2.02. The first kappa shape index (κ1) is 12.4. The average Bonchev–Trinajstić information content (AvgIpc) is 2.44. The lowest BCUT2D eigenvalue weighted by molar-refractivity contribution is -0.141. The van der Waals surface area contributed by atoms with Crippen LogP contribution in [0.2, 0.25) is 5.15 Å². The van der Waals surface area contributed by atoms with Crippen molar-refractivity contribution < 1.29 is 23.1 Å². The summed E-state index contributed by atoms with van der Waals surface area (Å²) in [5.74, 6) is 0.457. The van der Waals surface area contributed by atoms with Gasteiger partial charge in [-0.25, -0.2) is 4.79 Å². The van der Waals surface area contributed by atoms with Gasteiger partial charge in [-0.3, -0.25) is 0 Å². The summed E-state index contributed by atoms with van der Waals surface area (Å²) in [7, 11) is 0. The van der Waals surface area contributed by atoms with E-state index in [9.17, 15) is 18.0 Å². The van der Waals surface area contributed by atoms with Gasteiger partial charge in [-0.15, -0.1) is 0 Å². The molecule has 0 radical (unpaired) electrons. The second-order valence-electron chi connectivity index (χ2n) is 2.59. The lowest BCUT2D eigenvalue weighted by atomic mass is 10.2. The van der Waals surface area contributed by atoms with Crippen molar-refractivity contribution in [3.8, 4) is 12.0 Å². The monoisotopic (exact) mass is 252 g/mol. The largest absolute Gasteiger partial charge is 0.478 e. The van der Waals surface area contributed by atoms with Crippen LogP contribution in [0.1, 0.15) is 23.0 Å². The van der Waals surface area contributed by atoms with Crippen molar-refractivity contribution in [2.45, 2.75) is 13.1 Å². The highest BCUT2D eigenvalue weighted by atomic mass is 35.5. The molecule has 0 aliphatic heterocycles. The Morgan fingerprint density at radius 1 is 1.56 bits per heavy atom. The van der Waals surface area contributed by atoms with Crippen LogP contribution in [-0.2, 0) is 6.18 Å². The molecular formula is C8H4ClF3N2O2. The Labute approximate surface area is 92.6 Å². The van der Waals surface area contributed by atoms with Crippen molar-refractivity contribution in [1.82, 2.24) is 9.78 Å². The second kappa shape index (κ2) is 4.06. The molecule has 16 heavy (non-hydrogen) atoms. The van der Waals surface area contributed by atoms with Gasteiger partial charge in [0.05, 0.1) is 0 Å². The van der Waals surface area contributed by atoms with Crippen LogP contribution in [0.5, 0.6) is 0 Å². The molecule has 0 spiro atoms. The Kier molecular flexibility index (Phi) is 3.14. The number of rotatable bonds is 1. The molecule has 86 valence electrons. The van der Waals surface area contributed by atoms with Crippen LogP contribution in [-0.4, -0.2) is 20.9 Å². The molecule has 0 aromatic carbocycles. The maximum Gasteiger partial charge on any atom is 0.436 e. The van der Waals surface area contributed by atoms with Gasteiger partial charge in [0.1, 0.15) is 5.56 Å². The third kappa shape index (κ3) is 2.12. The number of halogens is 4. The molecule has 4 nitrogen and oxygen atoms in total. The predicted molar refractivity (Wildman–Crippen MR) is 48.0 cm³/mol. The Morgan fingerprint density at radius 2 is 2.12 bits per heavy atom. The zero-order valence-electron chi connectivity index (χ0n) is 7.76. The highest BCUT2D eigenvalue weighted by Gasteiger charge is 2.41. The van der Waals surface area contributed by atoms with E-state index in [1.54, 1.807) is 0 Å². The fourth-order valence-corrected chi connectivity index (χ4v) is 1.22. The van der Waals surface area contributed by atoms with Gasteiger partial charge in [-0.05, 0) is 6.92 Å². The number of aromatic nitrogens is 2. The molecule has 1 aromatic rings. The molecule has 0 saturated carbocycles. The van der Waals surface area contributed by atoms with E-state index in [1.807, 2.05) is 0 Å². The highest BCUT2D eigenvalue weighted by molar-refractivity contribution is 6.32. The van der Waals surface area contributed by atoms with Crippen LogP contribution in [0.25, 0.3) is 0 Å². The van der Waals surface area contributed by atoms with E-state index in [2.05, 4.69) is 17.1 Å². The van der Waals surface area contributed by atoms with Gasteiger partial charge in [-0.1, -0.05) is 17.5 Å². The van der Waals surface area contributed by atoms with E-state index in [-0.39, 0.29) is 0 Å². The molecule has 1 aromatic heterocycles. The van der Waals surface area contributed by atoms with Gasteiger partial charge in [0.25, 0.3) is 0 Å². The SMILES string of the molecule is CC#Cn1nc(C(F)(F)F)c(C(=O)O)c1Cl. The van der Waals surface area contributed by atoms with Crippen LogP contribution >= 0.6 is 11.6 Å². The van der Waals surface area contributed by atoms with Gasteiger partial charge in [0, 0.05) is 6.04 Å². The Bertz CT molecular complexity index is 496. The molecule has 0 aliphatic carbocycles. The molecule has 0 unspecified atom stereocenters. The molecule has 0 fully saturated rings. The minimum absolute atomic E-state index is 0.480. The average molecular weight is 253 g/mol. The van der Waals surface area contributed by atoms with Gasteiger partial charge >= 0.3 is 12.1 Å². The Hall–Kier alpha value is -1.68. The van der Waals surface area contributed by atoms with Crippen molar-refractivity contribution >= 4 is 17.6 Å². The first-order chi connectivity index (χ1) is 7.29. The number of hydrogen-bond acceptors (Lipinski definition) is 2. The van der Waals surface area contributed by atoms with E-state index in [0.717, 1.165) is 0 Å². The summed E-state index contributed by atoms with van der Waals surface area (Å²) >= 11 is 5.43. The number of alkyl halides is 3. The predicted octanol–water partition coefficient (Wildman–Crippen LogP) is 2.08. The van der Waals surface area contributed by atoms with Crippen LogP contribution in [0.3, 0.4) is 0 Å². The van der Waals surface area contributed by atoms with Gasteiger partial charge in [0.15, 0.2) is 10.8 Å². The number of carboxylic acid groups (broad SMARTS) is 1. The van der Waals surface area contributed by atoms with Crippen molar-refractivity contribution in [3.05, 3.63) is 16.4 Å². The second-order valence-corrected chi connectivity index (χ2v) is 2.95. The first-order valence-electron chi connectivity index (χ1n) is 3.80. The summed E-state index contributed by atoms with van der Waals surface area (Å²) < 4.78 is 37.7. The number of nitrogens with zero attached hydrogens (tertiary/aromatic N) is 2. The maximum absolute atomic E-state index is 12.4. The van der Waals surface area contributed by atoms with Crippen molar-refractivity contribution in [3.63, 3.8) is 0 Å². The molecule has 0 atom stereocenters. The molecule has 0 aliphatic rings. The molecule has 1 N–H and O–H groups in total. The summed E-state index contributed by atoms with van der Waals surface area (Å²) in [6.07, 6.45) is -4.89. The van der Waals surface area contributed by atoms with Crippen LogP contribution < -0.4 is 0 Å². The smallest absolute Gasteiger partial charge is 0.436 e. The molecule has 1 heterocycles. The maximum atomic E-state index is 12.4. The van der Waals surface area contributed by atoms with Crippen LogP contribution in [0.4, 0.5) is 13.2 Å². The summed E-state index contributed by atoms with van der Waals surface area (Å²) in [4.78, 5) is 10.6. The van der Waals surface area contributed by atoms with Gasteiger partial charge in [0.2, 0.25) is 0 Å². The number of carboxylic acids is 1. The van der Waals surface area contributed by atoms with Gasteiger partial charge in [-0.2, -0.15) is 23.0 Å². The number of carbonyl (C=O) groups is 1. The molecular weight excluding hydrogens is 249 g/mol. The number of hydrogen-bond donors (Lipinski definition) is 1. The summed E-state index contributed by atoms with van der Waals surface area (Å²) in [5.41, 5.74) is -2.66. The fraction of sp³-hybridized carbons (Fsp3) is 0.250. The van der Waals surface area contributed by atoms with Crippen molar-refractivity contribution in [2.24, 2.45) is 0 Å². The quantitative estimate of drug-likeness (QED) is 0.779. The molecule has 1 rings (SSSR count). The minimum Gasteiger partial charge on any atom is -0.478 e. The first-order valence-corrected chi connectivity index (χ1v) is 4.18. The lowest BCUT2D eigenvalue weighted by Crippen LogP contribution is -2.12. The van der Waals surface area contributed by atoms with Crippen molar-refractivity contribution in [2.75, 3.05) is 0 Å². The van der Waals surface area contributed by atoms with E-state index in [4.69, 9.17) is 16.7 Å². The van der Waals surface area contributed by atoms with E-state index >= 15 is 0 Å². The highest BCUT2D eigenvalue weighted by Crippen LogP contribution is 2.34. The zero-order chi connectivity index (χ0) is 12.5. The molecule has 0 amide bonds. The van der Waals surface area contributed by atoms with E-state index < -0.39 is 28.6 Å². The Morgan fingerprint density at radius 3 is 2.44 bits per heavy atom. The zero-order valence-corrected chi connectivity index (χ0v) is 8.52. The fourth-order valence-electron chi connectivity index (χ4n) is 0.965. The number of aromatic carboxylic acids is 1.